The van der Waals surface area contributed by atoms with Gasteiger partial charge in [-0.15, -0.1) is 0 Å². The molecule has 0 saturated heterocycles. The first-order valence-electron chi connectivity index (χ1n) is 8.51. The molecular weight excluding hydrogens is 348 g/mol. The minimum atomic E-state index is -0.516. The molecule has 0 spiro atoms. The topological polar surface area (TPSA) is 62.2 Å². The molecule has 1 heterocycles. The summed E-state index contributed by atoms with van der Waals surface area (Å²) < 4.78 is 0. The van der Waals surface area contributed by atoms with Gasteiger partial charge < -0.3 is 10.4 Å². The lowest BCUT2D eigenvalue weighted by molar-refractivity contribution is -0.119. The van der Waals surface area contributed by atoms with E-state index in [-0.39, 0.29) is 11.7 Å². The van der Waals surface area contributed by atoms with Crippen molar-refractivity contribution in [2.75, 3.05) is 0 Å². The molecule has 0 fully saturated rings. The van der Waals surface area contributed by atoms with Gasteiger partial charge in [0, 0.05) is 24.1 Å². The second-order valence-corrected chi connectivity index (χ2v) is 7.06. The summed E-state index contributed by atoms with van der Waals surface area (Å²) in [6.07, 6.45) is 1.60. The lowest BCUT2D eigenvalue weighted by Crippen LogP contribution is -2.27. The zero-order valence-corrected chi connectivity index (χ0v) is 15.7. The molecule has 1 amide bonds. The normalized spacial score (nSPS) is 12.3. The van der Waals surface area contributed by atoms with Crippen molar-refractivity contribution in [1.82, 2.24) is 10.3 Å². The van der Waals surface area contributed by atoms with E-state index in [1.165, 1.54) is 12.5 Å². The monoisotopic (exact) mass is 368 g/mol. The molecule has 0 bridgehead atoms. The number of carbonyl (C=O) groups is 1. The third-order valence-corrected chi connectivity index (χ3v) is 4.75. The number of halogens is 1. The summed E-state index contributed by atoms with van der Waals surface area (Å²) in [6.45, 7) is 5.70. The SMILES string of the molecule is CC(=O)N[C@H](c1ccc(C(C)C)cc1)c1cc(Cl)c2cccnc2c1O. The summed E-state index contributed by atoms with van der Waals surface area (Å²) >= 11 is 6.41. The minimum Gasteiger partial charge on any atom is -0.505 e. The van der Waals surface area contributed by atoms with Gasteiger partial charge in [-0.3, -0.25) is 9.78 Å². The van der Waals surface area contributed by atoms with Crippen LogP contribution in [-0.2, 0) is 4.79 Å². The van der Waals surface area contributed by atoms with Gasteiger partial charge in [0.2, 0.25) is 5.91 Å². The van der Waals surface area contributed by atoms with E-state index in [1.807, 2.05) is 24.3 Å². The summed E-state index contributed by atoms with van der Waals surface area (Å²) in [6, 6.07) is 12.7. The molecule has 0 aliphatic rings. The number of nitrogens with one attached hydrogen (secondary N) is 1. The first-order valence-corrected chi connectivity index (χ1v) is 8.89. The van der Waals surface area contributed by atoms with E-state index >= 15 is 0 Å². The Labute approximate surface area is 157 Å². The number of fused-ring (bicyclic) bond motifs is 1. The number of phenolic OH excluding ortho intramolecular Hbond substituents is 1. The van der Waals surface area contributed by atoms with Gasteiger partial charge in [0.15, 0.2) is 0 Å². The summed E-state index contributed by atoms with van der Waals surface area (Å²) in [5.41, 5.74) is 3.02. The van der Waals surface area contributed by atoms with Crippen molar-refractivity contribution in [2.45, 2.75) is 32.7 Å². The van der Waals surface area contributed by atoms with Crippen LogP contribution in [0.5, 0.6) is 5.75 Å². The zero-order chi connectivity index (χ0) is 18.8. The fourth-order valence-electron chi connectivity index (χ4n) is 3.04. The molecule has 2 aromatic carbocycles. The highest BCUT2D eigenvalue weighted by Crippen LogP contribution is 2.38. The first-order chi connectivity index (χ1) is 12.4. The van der Waals surface area contributed by atoms with Crippen molar-refractivity contribution in [3.05, 3.63) is 70.4 Å². The van der Waals surface area contributed by atoms with Gasteiger partial charge in [0.25, 0.3) is 0 Å². The molecule has 134 valence electrons. The molecule has 3 rings (SSSR count). The highest BCUT2D eigenvalue weighted by atomic mass is 35.5. The van der Waals surface area contributed by atoms with Gasteiger partial charge in [-0.1, -0.05) is 49.7 Å². The number of phenols is 1. The number of benzene rings is 2. The third kappa shape index (κ3) is 3.51. The number of nitrogens with zero attached hydrogens (tertiary/aromatic N) is 1. The van der Waals surface area contributed by atoms with Crippen molar-refractivity contribution >= 4 is 28.4 Å². The summed E-state index contributed by atoms with van der Waals surface area (Å²) in [5, 5.41) is 14.9. The van der Waals surface area contributed by atoms with Crippen molar-refractivity contribution in [2.24, 2.45) is 0 Å². The Hall–Kier alpha value is -2.59. The Kier molecular flexibility index (Phi) is 5.14. The van der Waals surface area contributed by atoms with Crippen molar-refractivity contribution < 1.29 is 9.90 Å². The molecule has 0 unspecified atom stereocenters. The van der Waals surface area contributed by atoms with Crippen LogP contribution >= 0.6 is 11.6 Å². The number of amides is 1. The molecular formula is C21H21ClN2O2. The van der Waals surface area contributed by atoms with Gasteiger partial charge in [-0.05, 0) is 35.2 Å². The van der Waals surface area contributed by atoms with Crippen LogP contribution in [-0.4, -0.2) is 16.0 Å². The van der Waals surface area contributed by atoms with Crippen LogP contribution in [0, 0.1) is 0 Å². The highest BCUT2D eigenvalue weighted by Gasteiger charge is 2.22. The van der Waals surface area contributed by atoms with E-state index in [4.69, 9.17) is 11.6 Å². The molecule has 5 heteroatoms. The molecule has 0 saturated carbocycles. The number of pyridine rings is 1. The number of hydrogen-bond acceptors (Lipinski definition) is 3. The standard InChI is InChI=1S/C21H21ClN2O2/c1-12(2)14-6-8-15(9-7-14)19(24-13(3)25)17-11-18(22)16-5-4-10-23-20(16)21(17)26/h4-12,19,26H,1-3H3,(H,24,25)/t19-/m1/s1. The maximum Gasteiger partial charge on any atom is 0.217 e. The molecule has 26 heavy (non-hydrogen) atoms. The smallest absolute Gasteiger partial charge is 0.217 e. The predicted molar refractivity (Wildman–Crippen MR) is 105 cm³/mol. The van der Waals surface area contributed by atoms with Gasteiger partial charge in [0.05, 0.1) is 11.1 Å². The number of aromatic hydroxyl groups is 1. The van der Waals surface area contributed by atoms with E-state index in [9.17, 15) is 9.90 Å². The second kappa shape index (κ2) is 7.34. The van der Waals surface area contributed by atoms with Crippen molar-refractivity contribution in [1.29, 1.82) is 0 Å². The molecule has 1 atom stereocenters. The van der Waals surface area contributed by atoms with Gasteiger partial charge in [-0.25, -0.2) is 0 Å². The van der Waals surface area contributed by atoms with Crippen LogP contribution < -0.4 is 5.32 Å². The molecule has 4 nitrogen and oxygen atoms in total. The largest absolute Gasteiger partial charge is 0.505 e. The van der Waals surface area contributed by atoms with Crippen LogP contribution in [0.4, 0.5) is 0 Å². The fraction of sp³-hybridized carbons (Fsp3) is 0.238. The quantitative estimate of drug-likeness (QED) is 0.685. The Morgan fingerprint density at radius 1 is 1.15 bits per heavy atom. The van der Waals surface area contributed by atoms with Gasteiger partial charge in [-0.2, -0.15) is 0 Å². The average molecular weight is 369 g/mol. The molecule has 1 aromatic heterocycles. The molecule has 2 N–H and O–H groups in total. The maximum atomic E-state index is 11.8. The average Bonchev–Trinajstić information content (AvgIpc) is 2.63. The van der Waals surface area contributed by atoms with Crippen molar-refractivity contribution in [3.8, 4) is 5.75 Å². The lowest BCUT2D eigenvalue weighted by Gasteiger charge is -2.22. The van der Waals surface area contributed by atoms with Crippen LogP contribution in [0.1, 0.15) is 49.4 Å². The fourth-order valence-corrected chi connectivity index (χ4v) is 3.31. The van der Waals surface area contributed by atoms with Gasteiger partial charge >= 0.3 is 0 Å². The van der Waals surface area contributed by atoms with E-state index in [2.05, 4.69) is 24.1 Å². The third-order valence-electron chi connectivity index (χ3n) is 4.44. The Balaban J connectivity index is 2.15. The van der Waals surface area contributed by atoms with E-state index in [1.54, 1.807) is 24.4 Å². The summed E-state index contributed by atoms with van der Waals surface area (Å²) in [4.78, 5) is 16.0. The Bertz CT molecular complexity index is 952. The Morgan fingerprint density at radius 3 is 2.42 bits per heavy atom. The maximum absolute atomic E-state index is 11.8. The molecule has 3 aromatic rings. The Morgan fingerprint density at radius 2 is 1.81 bits per heavy atom. The summed E-state index contributed by atoms with van der Waals surface area (Å²) in [5.74, 6) is 0.243. The zero-order valence-electron chi connectivity index (χ0n) is 15.0. The lowest BCUT2D eigenvalue weighted by atomic mass is 9.93. The van der Waals surface area contributed by atoms with Crippen molar-refractivity contribution in [3.63, 3.8) is 0 Å². The van der Waals surface area contributed by atoms with Crippen LogP contribution in [0.25, 0.3) is 10.9 Å². The second-order valence-electron chi connectivity index (χ2n) is 6.65. The predicted octanol–water partition coefficient (Wildman–Crippen LogP) is 4.94. The van der Waals surface area contributed by atoms with Crippen LogP contribution in [0.3, 0.4) is 0 Å². The molecule has 0 radical (unpaired) electrons. The number of hydrogen-bond donors (Lipinski definition) is 2. The minimum absolute atomic E-state index is 0.0247. The first kappa shape index (κ1) is 18.2. The molecule has 0 aliphatic heterocycles. The number of rotatable bonds is 4. The molecule has 0 aliphatic carbocycles. The van der Waals surface area contributed by atoms with Crippen LogP contribution in [0.2, 0.25) is 5.02 Å². The number of carbonyl (C=O) groups excluding carboxylic acids is 1. The van der Waals surface area contributed by atoms with Gasteiger partial charge in [0.1, 0.15) is 11.3 Å². The van der Waals surface area contributed by atoms with E-state index in [0.29, 0.717) is 27.4 Å². The van der Waals surface area contributed by atoms with E-state index in [0.717, 1.165) is 5.56 Å². The number of aromatic nitrogens is 1. The van der Waals surface area contributed by atoms with Crippen LogP contribution in [0.15, 0.2) is 48.7 Å². The van der Waals surface area contributed by atoms with E-state index < -0.39 is 6.04 Å². The highest BCUT2D eigenvalue weighted by molar-refractivity contribution is 6.35. The summed E-state index contributed by atoms with van der Waals surface area (Å²) in [7, 11) is 0.